The average Bonchev–Trinajstić information content (AvgIpc) is 2.03. The van der Waals surface area contributed by atoms with Crippen molar-refractivity contribution in [1.82, 2.24) is 0 Å². The first-order chi connectivity index (χ1) is 5.35. The van der Waals surface area contributed by atoms with Gasteiger partial charge in [0.1, 0.15) is 6.61 Å². The number of hydrogen-bond donors (Lipinski definition) is 1. The Bertz CT molecular complexity index is 143. The highest BCUT2D eigenvalue weighted by Crippen LogP contribution is 1.84. The van der Waals surface area contributed by atoms with Gasteiger partial charge in [-0.15, -0.1) is 0 Å². The maximum absolute atomic E-state index is 5.04. The second kappa shape index (κ2) is 7.21. The molecule has 0 rings (SSSR count). The van der Waals surface area contributed by atoms with Crippen LogP contribution < -0.4 is 5.84 Å². The van der Waals surface area contributed by atoms with Crippen LogP contribution in [0, 0.1) is 0 Å². The quantitative estimate of drug-likeness (QED) is 0.283. The van der Waals surface area contributed by atoms with E-state index in [4.69, 9.17) is 10.6 Å². The van der Waals surface area contributed by atoms with Crippen molar-refractivity contribution in [3.63, 3.8) is 0 Å². The van der Waals surface area contributed by atoms with Gasteiger partial charge in [0.15, 0.2) is 5.84 Å². The van der Waals surface area contributed by atoms with Gasteiger partial charge in [-0.05, 0) is 6.42 Å². The Kier molecular flexibility index (Phi) is 6.62. The summed E-state index contributed by atoms with van der Waals surface area (Å²) < 4.78 is 4.80. The van der Waals surface area contributed by atoms with Crippen LogP contribution in [0.5, 0.6) is 0 Å². The SMILES string of the molecule is CCC/C=N\C(COC)=N/N. The summed E-state index contributed by atoms with van der Waals surface area (Å²) in [5, 5.41) is 3.44. The van der Waals surface area contributed by atoms with Crippen molar-refractivity contribution in [3.05, 3.63) is 0 Å². The first-order valence-corrected chi connectivity index (χ1v) is 3.63. The minimum Gasteiger partial charge on any atom is -0.377 e. The number of methoxy groups -OCH3 is 1. The molecule has 0 saturated carbocycles. The lowest BCUT2D eigenvalue weighted by Gasteiger charge is -1.95. The summed E-state index contributed by atoms with van der Waals surface area (Å²) in [5.41, 5.74) is 0. The van der Waals surface area contributed by atoms with E-state index in [0.29, 0.717) is 12.4 Å². The molecule has 4 heteroatoms. The third-order valence-electron chi connectivity index (χ3n) is 1.08. The number of nitrogens with two attached hydrogens (primary N) is 1. The van der Waals surface area contributed by atoms with Crippen LogP contribution in [-0.2, 0) is 4.74 Å². The first-order valence-electron chi connectivity index (χ1n) is 3.63. The number of rotatable bonds is 4. The molecular weight excluding hydrogens is 142 g/mol. The molecule has 0 aliphatic heterocycles. The number of hydrazone groups is 1. The molecule has 0 aromatic heterocycles. The third kappa shape index (κ3) is 5.54. The van der Waals surface area contributed by atoms with Crippen LogP contribution in [0.15, 0.2) is 10.1 Å². The summed E-state index contributed by atoms with van der Waals surface area (Å²) in [7, 11) is 1.58. The fraction of sp³-hybridized carbons (Fsp3) is 0.714. The van der Waals surface area contributed by atoms with Gasteiger partial charge >= 0.3 is 0 Å². The van der Waals surface area contributed by atoms with Gasteiger partial charge in [0.2, 0.25) is 0 Å². The highest BCUT2D eigenvalue weighted by atomic mass is 16.5. The Labute approximate surface area is 67.1 Å². The smallest absolute Gasteiger partial charge is 0.173 e. The molecule has 0 amide bonds. The van der Waals surface area contributed by atoms with E-state index in [1.807, 2.05) is 0 Å². The van der Waals surface area contributed by atoms with Gasteiger partial charge < -0.3 is 10.6 Å². The van der Waals surface area contributed by atoms with E-state index in [1.54, 1.807) is 13.3 Å². The lowest BCUT2D eigenvalue weighted by molar-refractivity contribution is 0.244. The maximum Gasteiger partial charge on any atom is 0.173 e. The van der Waals surface area contributed by atoms with E-state index in [-0.39, 0.29) is 0 Å². The van der Waals surface area contributed by atoms with Crippen LogP contribution >= 0.6 is 0 Å². The number of nitrogens with zero attached hydrogens (tertiary/aromatic N) is 2. The van der Waals surface area contributed by atoms with Crippen molar-refractivity contribution in [1.29, 1.82) is 0 Å². The highest BCUT2D eigenvalue weighted by molar-refractivity contribution is 5.90. The zero-order valence-corrected chi connectivity index (χ0v) is 7.08. The number of ether oxygens (including phenoxy) is 1. The van der Waals surface area contributed by atoms with Gasteiger partial charge in [-0.3, -0.25) is 0 Å². The minimum atomic E-state index is 0.372. The van der Waals surface area contributed by atoms with E-state index in [9.17, 15) is 0 Å². The Morgan fingerprint density at radius 3 is 2.82 bits per heavy atom. The van der Waals surface area contributed by atoms with Crippen LogP contribution in [-0.4, -0.2) is 25.8 Å². The van der Waals surface area contributed by atoms with Crippen molar-refractivity contribution < 1.29 is 4.74 Å². The summed E-state index contributed by atoms with van der Waals surface area (Å²) in [6, 6.07) is 0. The lowest BCUT2D eigenvalue weighted by atomic mass is 10.4. The summed E-state index contributed by atoms with van der Waals surface area (Å²) in [4.78, 5) is 4.00. The number of amidine groups is 1. The molecule has 0 aromatic carbocycles. The monoisotopic (exact) mass is 157 g/mol. The fourth-order valence-electron chi connectivity index (χ4n) is 0.536. The van der Waals surface area contributed by atoms with Gasteiger partial charge in [0, 0.05) is 13.3 Å². The van der Waals surface area contributed by atoms with Crippen LogP contribution in [0.3, 0.4) is 0 Å². The predicted molar refractivity (Wildman–Crippen MR) is 46.9 cm³/mol. The Morgan fingerprint density at radius 1 is 1.64 bits per heavy atom. The largest absolute Gasteiger partial charge is 0.377 e. The average molecular weight is 157 g/mol. The van der Waals surface area contributed by atoms with E-state index < -0.39 is 0 Å². The fourth-order valence-corrected chi connectivity index (χ4v) is 0.536. The molecule has 2 N–H and O–H groups in total. The molecule has 64 valence electrons. The lowest BCUT2D eigenvalue weighted by Crippen LogP contribution is -2.06. The van der Waals surface area contributed by atoms with Crippen LogP contribution in [0.25, 0.3) is 0 Å². The normalized spacial score (nSPS) is 12.7. The topological polar surface area (TPSA) is 60.0 Å². The van der Waals surface area contributed by atoms with Crippen LogP contribution in [0.2, 0.25) is 0 Å². The van der Waals surface area contributed by atoms with Crippen molar-refractivity contribution in [2.75, 3.05) is 13.7 Å². The van der Waals surface area contributed by atoms with E-state index >= 15 is 0 Å². The molecule has 0 radical (unpaired) electrons. The molecule has 0 bridgehead atoms. The third-order valence-corrected chi connectivity index (χ3v) is 1.08. The van der Waals surface area contributed by atoms with Gasteiger partial charge in [-0.1, -0.05) is 13.3 Å². The number of unbranched alkanes of at least 4 members (excludes halogenated alkanes) is 1. The number of hydrogen-bond acceptors (Lipinski definition) is 3. The molecule has 0 spiro atoms. The highest BCUT2D eigenvalue weighted by Gasteiger charge is 1.91. The Morgan fingerprint density at radius 2 is 2.36 bits per heavy atom. The Hall–Kier alpha value is -0.900. The van der Waals surface area contributed by atoms with E-state index in [1.165, 1.54) is 0 Å². The molecule has 0 unspecified atom stereocenters. The molecule has 0 aliphatic rings. The van der Waals surface area contributed by atoms with Crippen LogP contribution in [0.4, 0.5) is 0 Å². The first kappa shape index (κ1) is 10.1. The van der Waals surface area contributed by atoms with Crippen LogP contribution in [0.1, 0.15) is 19.8 Å². The molecule has 0 aliphatic carbocycles. The summed E-state index contributed by atoms with van der Waals surface area (Å²) >= 11 is 0. The van der Waals surface area contributed by atoms with Crippen molar-refractivity contribution in [3.8, 4) is 0 Å². The molecule has 4 nitrogen and oxygen atoms in total. The van der Waals surface area contributed by atoms with Crippen molar-refractivity contribution >= 4 is 12.1 Å². The number of aliphatic imine (C=N–C) groups is 1. The zero-order valence-electron chi connectivity index (χ0n) is 7.08. The van der Waals surface area contributed by atoms with Crippen molar-refractivity contribution in [2.45, 2.75) is 19.8 Å². The molecule has 0 atom stereocenters. The standard InChI is InChI=1S/C7H15N3O/c1-3-4-5-9-7(10-8)6-11-2/h5H,3-4,6,8H2,1-2H3/b9-5-,10-7-. The second-order valence-corrected chi connectivity index (χ2v) is 2.08. The minimum absolute atomic E-state index is 0.372. The second-order valence-electron chi connectivity index (χ2n) is 2.08. The van der Waals surface area contributed by atoms with Gasteiger partial charge in [0.25, 0.3) is 0 Å². The summed E-state index contributed by atoms with van der Waals surface area (Å²) in [5.74, 6) is 5.56. The Balaban J connectivity index is 3.69. The van der Waals surface area contributed by atoms with Gasteiger partial charge in [0.05, 0.1) is 0 Å². The summed E-state index contributed by atoms with van der Waals surface area (Å²) in [6.07, 6.45) is 3.82. The summed E-state index contributed by atoms with van der Waals surface area (Å²) in [6.45, 7) is 2.46. The van der Waals surface area contributed by atoms with E-state index in [0.717, 1.165) is 12.8 Å². The predicted octanol–water partition coefficient (Wildman–Crippen LogP) is 0.776. The maximum atomic E-state index is 5.04. The molecule has 0 aromatic rings. The zero-order chi connectivity index (χ0) is 8.53. The molecule has 0 heterocycles. The molecule has 11 heavy (non-hydrogen) atoms. The van der Waals surface area contributed by atoms with E-state index in [2.05, 4.69) is 17.0 Å². The van der Waals surface area contributed by atoms with Gasteiger partial charge in [-0.25, -0.2) is 4.99 Å². The molecule has 0 saturated heterocycles. The van der Waals surface area contributed by atoms with Gasteiger partial charge in [-0.2, -0.15) is 5.10 Å². The van der Waals surface area contributed by atoms with Crippen molar-refractivity contribution in [2.24, 2.45) is 15.9 Å². The molecule has 0 fully saturated rings. The molecular formula is C7H15N3O.